The summed E-state index contributed by atoms with van der Waals surface area (Å²) in [6.07, 6.45) is -22.8. The van der Waals surface area contributed by atoms with Crippen molar-refractivity contribution < 1.29 is 170 Å². The third-order valence-corrected chi connectivity index (χ3v) is 16.8. The first kappa shape index (κ1) is 112. The Balaban J connectivity index is 0.000000270. The number of nitro groups is 2. The third kappa shape index (κ3) is 32.7. The summed E-state index contributed by atoms with van der Waals surface area (Å²) in [6, 6.07) is 4.32. The van der Waals surface area contributed by atoms with E-state index in [1.54, 1.807) is 83.1 Å². The number of halogens is 8. The van der Waals surface area contributed by atoms with Gasteiger partial charge in [0.1, 0.15) is 113 Å². The van der Waals surface area contributed by atoms with Crippen LogP contribution in [0.4, 0.5) is 98.8 Å². The number of ketones is 1. The number of amides is 4. The number of aliphatic hydroxyl groups excluding tert-OH is 5. The smallest absolute Gasteiger partial charge is 0.461 e. The Labute approximate surface area is 768 Å². The molecule has 4 aliphatic rings. The summed E-state index contributed by atoms with van der Waals surface area (Å²) in [5, 5.41) is 76.9. The van der Waals surface area contributed by atoms with E-state index < -0.39 is 245 Å². The van der Waals surface area contributed by atoms with E-state index in [0.717, 1.165) is 66.1 Å². The first-order valence-corrected chi connectivity index (χ1v) is 40.2. The molecule has 9 N–H and O–H groups in total. The minimum absolute atomic E-state index is 0.0673. The number of carbonyl (C=O) groups is 8. The van der Waals surface area contributed by atoms with Gasteiger partial charge in [-0.3, -0.25) is 53.7 Å². The molecule has 6 aromatic heterocycles. The number of anilines is 4. The van der Waals surface area contributed by atoms with Gasteiger partial charge in [0.15, 0.2) is 12.2 Å². The Bertz CT molecular complexity index is 5390. The van der Waals surface area contributed by atoms with Crippen molar-refractivity contribution in [2.24, 2.45) is 0 Å². The maximum atomic E-state index is 15.0. The number of hydrogen-bond donors (Lipinski definition) is 9. The van der Waals surface area contributed by atoms with Gasteiger partial charge in [-0.05, 0) is 176 Å². The molecule has 0 saturated carbocycles. The fraction of sp³-hybridized carbons (Fsp3) is 0.610. The quantitative estimate of drug-likeness (QED) is 0.0121. The van der Waals surface area contributed by atoms with Crippen LogP contribution >= 0.6 is 0 Å². The summed E-state index contributed by atoms with van der Waals surface area (Å²) < 4.78 is 186. The van der Waals surface area contributed by atoms with Crippen molar-refractivity contribution in [2.45, 2.75) is 276 Å². The summed E-state index contributed by atoms with van der Waals surface area (Å²) in [5.74, 6) is -18.3. The van der Waals surface area contributed by atoms with Crippen molar-refractivity contribution in [3.63, 3.8) is 0 Å². The summed E-state index contributed by atoms with van der Waals surface area (Å²) in [4.78, 5) is 183. The van der Waals surface area contributed by atoms with Gasteiger partial charge in [-0.25, -0.2) is 47.9 Å². The second-order valence-corrected chi connectivity index (χ2v) is 35.5. The standard InChI is InChI=1S/C19H22F2N6O9.2C19H27F2N3O8.C14H19F2N3O6.C6H7N3O3/c1-18(2,3)36-17(31)24-11-4-5-26(16(30)23-11)15-19(20,21)14(29)10(35-15)8-34-13(28)7-25-6-12(22-9-25)27(32)33;2*1-17(2,3)31-15(27)23-11-7-8-24(14(26)22-11)13-19(20,21)12(10(9-25)29-13)30-16(28)32-18(4,5)6;1-13(2,3)25-12(23)18-8-4-5-19(11(22)17-8)10-14(15,16)9(21)7(6-20)24-10;1-5(10)2-8-3-6(7-4-8)9(11)12/h4-6,9-10,14-15,29H,7-8H2,1-3H3,(H,23,24,30,31);2*7-8,10,12-13,25H,9H2,1-6H3,(H,22,23,26,27);4-5,7,9-10,20-21H,6H2,1-3H3,(H,17,18,22,23);3-4H,2H2,1H3/t10-,14?,15-;2*10-,12?,13-;7-,9?,10-;/m1111./s1. The predicted molar refractivity (Wildman–Crippen MR) is 444 cm³/mol. The van der Waals surface area contributed by atoms with Crippen LogP contribution in [0.5, 0.6) is 0 Å². The molecule has 0 bridgehead atoms. The highest BCUT2D eigenvalue weighted by molar-refractivity contribution is 5.85. The highest BCUT2D eigenvalue weighted by Gasteiger charge is 2.65. The summed E-state index contributed by atoms with van der Waals surface area (Å²) in [7, 11) is 0. The van der Waals surface area contributed by atoms with E-state index in [2.05, 4.69) is 51.2 Å². The molecule has 0 radical (unpaired) electrons. The summed E-state index contributed by atoms with van der Waals surface area (Å²) in [6.45, 7) is 26.2. The number of nitrogens with one attached hydrogen (secondary N) is 4. The third-order valence-electron chi connectivity index (χ3n) is 16.8. The predicted octanol–water partition coefficient (Wildman–Crippen LogP) is 6.56. The molecular weight excluding hydrogens is 1870 g/mol. The monoisotopic (exact) mass is 1970 g/mol. The summed E-state index contributed by atoms with van der Waals surface area (Å²) in [5.41, 5.74) is -9.93. The van der Waals surface area contributed by atoms with Crippen LogP contribution in [0, 0.1) is 20.2 Å². The van der Waals surface area contributed by atoms with E-state index in [4.69, 9.17) is 66.7 Å². The average Bonchev–Trinajstić information content (AvgIpc) is 1.12. The second-order valence-electron chi connectivity index (χ2n) is 35.5. The molecular formula is C77H102F8N18O34. The molecule has 4 amide bonds. The van der Waals surface area contributed by atoms with E-state index >= 15 is 17.6 Å². The van der Waals surface area contributed by atoms with E-state index in [1.807, 2.05) is 0 Å². The number of aromatic nitrogens is 12. The zero-order valence-corrected chi connectivity index (χ0v) is 76.5. The molecule has 0 aromatic carbocycles. The minimum Gasteiger partial charge on any atom is -0.461 e. The molecule has 760 valence electrons. The van der Waals surface area contributed by atoms with Crippen LogP contribution in [-0.2, 0) is 84.3 Å². The number of hydrogen-bond acceptors (Lipinski definition) is 40. The Morgan fingerprint density at radius 2 is 0.672 bits per heavy atom. The van der Waals surface area contributed by atoms with Gasteiger partial charge >= 0.3 is 101 Å². The lowest BCUT2D eigenvalue weighted by Crippen LogP contribution is -2.45. The number of alkyl halides is 8. The van der Waals surface area contributed by atoms with Crippen LogP contribution in [0.2, 0.25) is 0 Å². The number of imidazole rings is 2. The van der Waals surface area contributed by atoms with Crippen LogP contribution in [0.25, 0.3) is 0 Å². The van der Waals surface area contributed by atoms with Crippen molar-refractivity contribution in [1.29, 1.82) is 0 Å². The fourth-order valence-corrected chi connectivity index (χ4v) is 11.5. The second kappa shape index (κ2) is 44.6. The van der Waals surface area contributed by atoms with Crippen molar-refractivity contribution >= 4 is 83.3 Å². The van der Waals surface area contributed by atoms with Crippen molar-refractivity contribution in [3.8, 4) is 0 Å². The Morgan fingerprint density at radius 1 is 0.416 bits per heavy atom. The minimum atomic E-state index is -3.98. The molecule has 12 atom stereocenters. The van der Waals surface area contributed by atoms with Crippen molar-refractivity contribution in [2.75, 3.05) is 47.7 Å². The number of aliphatic hydroxyl groups is 5. The van der Waals surface area contributed by atoms with E-state index in [0.29, 0.717) is 18.3 Å². The highest BCUT2D eigenvalue weighted by atomic mass is 19.3. The maximum absolute atomic E-state index is 15.0. The molecule has 4 aliphatic heterocycles. The van der Waals surface area contributed by atoms with Gasteiger partial charge < -0.3 is 112 Å². The lowest BCUT2D eigenvalue weighted by Gasteiger charge is -2.25. The molecule has 6 aromatic rings. The summed E-state index contributed by atoms with van der Waals surface area (Å²) >= 11 is 0. The molecule has 4 fully saturated rings. The molecule has 0 aliphatic carbocycles. The molecule has 137 heavy (non-hydrogen) atoms. The van der Waals surface area contributed by atoms with Gasteiger partial charge in [0.05, 0.1) is 26.4 Å². The van der Waals surface area contributed by atoms with Crippen molar-refractivity contribution in [3.05, 3.63) is 136 Å². The maximum Gasteiger partial charge on any atom is 0.509 e. The van der Waals surface area contributed by atoms with E-state index in [9.17, 15) is 116 Å². The molecule has 52 nitrogen and oxygen atoms in total. The average molecular weight is 1980 g/mol. The Hall–Kier alpha value is -13.4. The highest BCUT2D eigenvalue weighted by Crippen LogP contribution is 2.47. The lowest BCUT2D eigenvalue weighted by molar-refractivity contribution is -0.389. The van der Waals surface area contributed by atoms with Crippen LogP contribution < -0.4 is 44.0 Å². The topological polar surface area (TPSA) is 667 Å². The number of carbonyl (C=O) groups excluding carboxylic acids is 8. The van der Waals surface area contributed by atoms with E-state index in [1.165, 1.54) is 65.6 Å². The number of Topliss-reactive ketones (excluding diaryl/α,β-unsaturated/α-hetero) is 1. The van der Waals surface area contributed by atoms with Gasteiger partial charge in [-0.15, -0.1) is 0 Å². The molecule has 10 rings (SSSR count). The number of esters is 1. The lowest BCUT2D eigenvalue weighted by atomic mass is 10.1. The van der Waals surface area contributed by atoms with Gasteiger partial charge in [-0.2, -0.15) is 55.1 Å². The number of ether oxygens (including phenoxy) is 13. The van der Waals surface area contributed by atoms with Crippen LogP contribution in [0.3, 0.4) is 0 Å². The number of rotatable bonds is 21. The van der Waals surface area contributed by atoms with Gasteiger partial charge in [0, 0.05) is 24.8 Å². The zero-order valence-electron chi connectivity index (χ0n) is 76.5. The first-order valence-electron chi connectivity index (χ1n) is 40.2. The Kier molecular flexibility index (Phi) is 36.6. The molecule has 4 saturated heterocycles. The van der Waals surface area contributed by atoms with Gasteiger partial charge in [-0.1, -0.05) is 0 Å². The zero-order chi connectivity index (χ0) is 104. The van der Waals surface area contributed by atoms with E-state index in [-0.39, 0.29) is 41.4 Å². The first-order chi connectivity index (χ1) is 62.8. The molecule has 4 unspecified atom stereocenters. The van der Waals surface area contributed by atoms with Gasteiger partial charge in [0.2, 0.25) is 49.8 Å². The van der Waals surface area contributed by atoms with Crippen LogP contribution in [0.15, 0.2) is 93.3 Å². The SMILES string of the molecule is CC(=O)Cn1cnc([N+](=O)[O-])c1.CC(C)(C)OC(=O)Nc1ccn([C@@H]2O[C@H](CO)C(O)C2(F)F)c(=O)n1.CC(C)(C)OC(=O)Nc1ccn([C@@H]2O[C@H](CO)C(OC(=O)OC(C)(C)C)C2(F)F)c(=O)n1.CC(C)(C)OC(=O)Nc1ccn([C@@H]2O[C@H](CO)C(OC(=O)OC(C)(C)C)C2(F)F)c(=O)n1.CC(C)(C)OC(=O)Nc1ccn([C@@H]2O[C@H](COC(=O)Cn3cnc([N+](=O)[O-])c3)C(O)C2(F)F)c(=O)n1. The van der Waals surface area contributed by atoms with Crippen LogP contribution in [-0.4, -0.2) is 274 Å². The van der Waals surface area contributed by atoms with Crippen LogP contribution in [0.1, 0.15) is 156 Å². The largest absolute Gasteiger partial charge is 0.509 e. The fourth-order valence-electron chi connectivity index (χ4n) is 11.5. The molecule has 60 heteroatoms. The number of nitrogens with zero attached hydrogens (tertiary/aromatic N) is 14. The molecule has 10 heterocycles. The van der Waals surface area contributed by atoms with Crippen molar-refractivity contribution in [1.82, 2.24) is 57.3 Å². The van der Waals surface area contributed by atoms with Gasteiger partial charge in [0.25, 0.3) is 0 Å². The Morgan fingerprint density at radius 3 is 0.912 bits per heavy atom. The molecule has 0 spiro atoms. The normalized spacial score (nSPS) is 21.8.